The first-order valence-corrected chi connectivity index (χ1v) is 7.13. The predicted molar refractivity (Wildman–Crippen MR) is 74.4 cm³/mol. The van der Waals surface area contributed by atoms with Crippen LogP contribution in [0.2, 0.25) is 0 Å². The zero-order valence-corrected chi connectivity index (χ0v) is 11.9. The van der Waals surface area contributed by atoms with Crippen molar-refractivity contribution in [2.75, 3.05) is 13.2 Å². The fourth-order valence-corrected chi connectivity index (χ4v) is 2.66. The molecule has 0 unspecified atom stereocenters. The van der Waals surface area contributed by atoms with Gasteiger partial charge in [0.1, 0.15) is 0 Å². The highest BCUT2D eigenvalue weighted by atomic mass is 79.9. The number of halogens is 1. The van der Waals surface area contributed by atoms with E-state index < -0.39 is 0 Å². The third kappa shape index (κ3) is 2.59. The number of benzene rings is 1. The fraction of sp³-hybridized carbons (Fsp3) is 0.500. The number of amides is 1. The van der Waals surface area contributed by atoms with Crippen LogP contribution in [-0.2, 0) is 10.2 Å². The molecule has 0 bridgehead atoms. The van der Waals surface area contributed by atoms with Gasteiger partial charge in [0, 0.05) is 17.6 Å². The summed E-state index contributed by atoms with van der Waals surface area (Å²) < 4.78 is 1.03. The minimum atomic E-state index is -0.337. The number of carbonyl (C=O) groups excluding carboxylic acids is 1. The number of hydrogen-bond donors (Lipinski definition) is 2. The van der Waals surface area contributed by atoms with Crippen LogP contribution in [0.25, 0.3) is 0 Å². The molecule has 2 rings (SSSR count). The number of aliphatic hydroxyl groups is 1. The predicted octanol–water partition coefficient (Wildman–Crippen LogP) is 2.37. The molecule has 3 nitrogen and oxygen atoms in total. The van der Waals surface area contributed by atoms with Crippen LogP contribution in [0.15, 0.2) is 28.7 Å². The van der Waals surface area contributed by atoms with E-state index in [2.05, 4.69) is 21.2 Å². The zero-order valence-electron chi connectivity index (χ0n) is 10.3. The monoisotopic (exact) mass is 311 g/mol. The Morgan fingerprint density at radius 1 is 1.33 bits per heavy atom. The topological polar surface area (TPSA) is 49.3 Å². The first-order valence-electron chi connectivity index (χ1n) is 6.34. The maximum absolute atomic E-state index is 12.3. The second kappa shape index (κ2) is 5.85. The average molecular weight is 312 g/mol. The number of aliphatic hydroxyl groups excluding tert-OH is 1. The lowest BCUT2D eigenvalue weighted by atomic mass is 9.64. The van der Waals surface area contributed by atoms with Gasteiger partial charge >= 0.3 is 0 Å². The summed E-state index contributed by atoms with van der Waals surface area (Å²) >= 11 is 3.41. The summed E-state index contributed by atoms with van der Waals surface area (Å²) in [7, 11) is 0. The van der Waals surface area contributed by atoms with Gasteiger partial charge in [-0.3, -0.25) is 4.79 Å². The van der Waals surface area contributed by atoms with Crippen molar-refractivity contribution in [3.05, 3.63) is 34.3 Å². The second-order valence-electron chi connectivity index (χ2n) is 4.78. The van der Waals surface area contributed by atoms with Gasteiger partial charge in [-0.05, 0) is 37.0 Å². The number of rotatable bonds is 5. The Labute approximate surface area is 116 Å². The van der Waals surface area contributed by atoms with Crippen LogP contribution in [0.1, 0.15) is 31.2 Å². The van der Waals surface area contributed by atoms with Crippen molar-refractivity contribution in [1.29, 1.82) is 0 Å². The quantitative estimate of drug-likeness (QED) is 0.820. The van der Waals surface area contributed by atoms with Gasteiger partial charge in [-0.2, -0.15) is 0 Å². The Kier molecular flexibility index (Phi) is 4.40. The van der Waals surface area contributed by atoms with Gasteiger partial charge in [0.25, 0.3) is 0 Å². The zero-order chi connectivity index (χ0) is 13.0. The van der Waals surface area contributed by atoms with Gasteiger partial charge in [0.15, 0.2) is 0 Å². The van der Waals surface area contributed by atoms with E-state index in [-0.39, 0.29) is 17.9 Å². The normalized spacial score (nSPS) is 17.0. The lowest BCUT2D eigenvalue weighted by Gasteiger charge is -2.40. The van der Waals surface area contributed by atoms with Crippen LogP contribution in [0.3, 0.4) is 0 Å². The van der Waals surface area contributed by atoms with Gasteiger partial charge in [-0.15, -0.1) is 0 Å². The Hall–Kier alpha value is -0.870. The minimum Gasteiger partial charge on any atom is -0.396 e. The third-order valence-corrected chi connectivity index (χ3v) is 4.19. The van der Waals surface area contributed by atoms with Gasteiger partial charge in [0.05, 0.1) is 5.41 Å². The van der Waals surface area contributed by atoms with Crippen molar-refractivity contribution >= 4 is 21.8 Å². The number of hydrogen-bond acceptors (Lipinski definition) is 2. The smallest absolute Gasteiger partial charge is 0.230 e. The molecular formula is C14H18BrNO2. The molecule has 1 fully saturated rings. The average Bonchev–Trinajstić information content (AvgIpc) is 2.30. The van der Waals surface area contributed by atoms with Crippen LogP contribution in [0, 0.1) is 0 Å². The molecule has 2 N–H and O–H groups in total. The van der Waals surface area contributed by atoms with E-state index in [4.69, 9.17) is 5.11 Å². The summed E-state index contributed by atoms with van der Waals surface area (Å²) in [5, 5.41) is 11.7. The lowest BCUT2D eigenvalue weighted by Crippen LogP contribution is -2.49. The van der Waals surface area contributed by atoms with Crippen LogP contribution < -0.4 is 5.32 Å². The molecule has 0 saturated heterocycles. The maximum atomic E-state index is 12.3. The Morgan fingerprint density at radius 3 is 2.50 bits per heavy atom. The molecule has 1 aliphatic rings. The number of carbonyl (C=O) groups is 1. The molecule has 1 saturated carbocycles. The van der Waals surface area contributed by atoms with Crippen LogP contribution in [0.5, 0.6) is 0 Å². The van der Waals surface area contributed by atoms with E-state index in [1.165, 1.54) is 0 Å². The summed E-state index contributed by atoms with van der Waals surface area (Å²) in [6, 6.07) is 8.01. The van der Waals surface area contributed by atoms with Gasteiger partial charge < -0.3 is 10.4 Å². The summed E-state index contributed by atoms with van der Waals surface area (Å²) in [6.45, 7) is 0.666. The van der Waals surface area contributed by atoms with Crippen molar-refractivity contribution in [1.82, 2.24) is 5.32 Å². The maximum Gasteiger partial charge on any atom is 0.230 e. The van der Waals surface area contributed by atoms with E-state index in [9.17, 15) is 4.79 Å². The molecule has 1 aromatic rings. The van der Waals surface area contributed by atoms with Gasteiger partial charge in [-0.25, -0.2) is 0 Å². The molecule has 0 atom stereocenters. The Bertz CT molecular complexity index is 412. The highest BCUT2D eigenvalue weighted by Crippen LogP contribution is 2.44. The van der Waals surface area contributed by atoms with Crippen molar-refractivity contribution in [2.24, 2.45) is 0 Å². The van der Waals surface area contributed by atoms with Crippen LogP contribution in [0.4, 0.5) is 0 Å². The molecule has 0 radical (unpaired) electrons. The highest BCUT2D eigenvalue weighted by Gasteiger charge is 2.45. The molecule has 1 aromatic carbocycles. The van der Waals surface area contributed by atoms with E-state index in [0.29, 0.717) is 13.0 Å². The van der Waals surface area contributed by atoms with E-state index in [1.807, 2.05) is 24.3 Å². The summed E-state index contributed by atoms with van der Waals surface area (Å²) in [5.74, 6) is 0.101. The minimum absolute atomic E-state index is 0.101. The molecule has 1 aliphatic carbocycles. The molecular weight excluding hydrogens is 294 g/mol. The number of nitrogens with one attached hydrogen (secondary N) is 1. The first-order chi connectivity index (χ1) is 8.69. The van der Waals surface area contributed by atoms with Crippen molar-refractivity contribution < 1.29 is 9.90 Å². The molecule has 0 heterocycles. The standard InChI is InChI=1S/C14H18BrNO2/c15-12-5-3-11(4-6-12)14(7-1-8-14)13(18)16-9-2-10-17/h3-6,17H,1-2,7-10H2,(H,16,18). The Morgan fingerprint density at radius 2 is 2.00 bits per heavy atom. The van der Waals surface area contributed by atoms with E-state index in [0.717, 1.165) is 29.3 Å². The molecule has 0 aromatic heterocycles. The summed E-state index contributed by atoms with van der Waals surface area (Å²) in [5.41, 5.74) is 0.759. The molecule has 0 spiro atoms. The molecule has 4 heteroatoms. The molecule has 18 heavy (non-hydrogen) atoms. The summed E-state index contributed by atoms with van der Waals surface area (Å²) in [6.07, 6.45) is 3.55. The molecule has 1 amide bonds. The lowest BCUT2D eigenvalue weighted by molar-refractivity contribution is -0.129. The van der Waals surface area contributed by atoms with Gasteiger partial charge in [0.2, 0.25) is 5.91 Å². The second-order valence-corrected chi connectivity index (χ2v) is 5.69. The van der Waals surface area contributed by atoms with Crippen molar-refractivity contribution in [3.63, 3.8) is 0 Å². The molecule has 98 valence electrons. The van der Waals surface area contributed by atoms with Crippen LogP contribution >= 0.6 is 15.9 Å². The SMILES string of the molecule is O=C(NCCCO)C1(c2ccc(Br)cc2)CCC1. The fourth-order valence-electron chi connectivity index (χ4n) is 2.40. The van der Waals surface area contributed by atoms with E-state index >= 15 is 0 Å². The van der Waals surface area contributed by atoms with Crippen molar-refractivity contribution in [3.8, 4) is 0 Å². The Balaban J connectivity index is 2.10. The third-order valence-electron chi connectivity index (χ3n) is 3.66. The van der Waals surface area contributed by atoms with E-state index in [1.54, 1.807) is 0 Å². The molecule has 0 aliphatic heterocycles. The van der Waals surface area contributed by atoms with Crippen LogP contribution in [-0.4, -0.2) is 24.2 Å². The largest absolute Gasteiger partial charge is 0.396 e. The summed E-state index contributed by atoms with van der Waals surface area (Å²) in [4.78, 5) is 12.3. The first kappa shape index (κ1) is 13.6. The highest BCUT2D eigenvalue weighted by molar-refractivity contribution is 9.10. The van der Waals surface area contributed by atoms with Gasteiger partial charge in [-0.1, -0.05) is 34.5 Å². The van der Waals surface area contributed by atoms with Crippen molar-refractivity contribution in [2.45, 2.75) is 31.1 Å².